The molecule has 34 heavy (non-hydrogen) atoms. The largest absolute Gasteiger partial charge is 0.507 e. The van der Waals surface area contributed by atoms with E-state index in [1.54, 1.807) is 23.6 Å². The second kappa shape index (κ2) is 10.0. The van der Waals surface area contributed by atoms with E-state index < -0.39 is 17.7 Å². The fraction of sp³-hybridized carbons (Fsp3) is 0.500. The fourth-order valence-electron chi connectivity index (χ4n) is 4.93. The van der Waals surface area contributed by atoms with Crippen LogP contribution in [0.25, 0.3) is 5.76 Å². The number of aliphatic hydroxyl groups excluding tert-OH is 1. The lowest BCUT2D eigenvalue weighted by Gasteiger charge is -2.27. The van der Waals surface area contributed by atoms with Crippen LogP contribution in [-0.4, -0.2) is 69.2 Å². The standard InChI is InChI=1S/C26H34N4O4/c1-5-16-34-20-10-8-19(9-11-20)23-22(24(31)21-17(2)27-28(4)18(21)3)25(32)26(33)30(23)15-14-29-12-6-7-13-29/h8-11,23,31H,5-7,12-16H2,1-4H3/b24-22+. The van der Waals surface area contributed by atoms with Gasteiger partial charge >= 0.3 is 0 Å². The van der Waals surface area contributed by atoms with E-state index in [0.29, 0.717) is 31.0 Å². The summed E-state index contributed by atoms with van der Waals surface area (Å²) in [4.78, 5) is 30.4. The Hall–Kier alpha value is -3.13. The molecule has 1 aromatic carbocycles. The van der Waals surface area contributed by atoms with Gasteiger partial charge in [-0.3, -0.25) is 14.3 Å². The number of ether oxygens (including phenoxy) is 1. The van der Waals surface area contributed by atoms with E-state index in [9.17, 15) is 14.7 Å². The van der Waals surface area contributed by atoms with Crippen molar-refractivity contribution in [3.8, 4) is 5.75 Å². The summed E-state index contributed by atoms with van der Waals surface area (Å²) >= 11 is 0. The summed E-state index contributed by atoms with van der Waals surface area (Å²) in [5, 5.41) is 15.8. The monoisotopic (exact) mass is 466 g/mol. The first-order chi connectivity index (χ1) is 16.3. The van der Waals surface area contributed by atoms with E-state index in [0.717, 1.165) is 49.4 Å². The molecule has 3 heterocycles. The first-order valence-corrected chi connectivity index (χ1v) is 12.1. The molecule has 182 valence electrons. The number of amides is 1. The zero-order valence-electron chi connectivity index (χ0n) is 20.5. The Labute approximate surface area is 200 Å². The number of aryl methyl sites for hydroxylation is 2. The lowest BCUT2D eigenvalue weighted by molar-refractivity contribution is -0.140. The number of aliphatic hydroxyl groups is 1. The van der Waals surface area contributed by atoms with Crippen LogP contribution in [0.2, 0.25) is 0 Å². The van der Waals surface area contributed by atoms with E-state index in [1.807, 2.05) is 38.1 Å². The molecule has 0 spiro atoms. The number of aromatic nitrogens is 2. The molecule has 0 aliphatic carbocycles. The Morgan fingerprint density at radius 1 is 1.12 bits per heavy atom. The lowest BCUT2D eigenvalue weighted by Crippen LogP contribution is -2.37. The van der Waals surface area contributed by atoms with Crippen molar-refractivity contribution in [3.63, 3.8) is 0 Å². The third-order valence-electron chi connectivity index (χ3n) is 6.81. The summed E-state index contributed by atoms with van der Waals surface area (Å²) in [6.45, 7) is 9.43. The number of nitrogens with zero attached hydrogens (tertiary/aromatic N) is 4. The van der Waals surface area contributed by atoms with Crippen molar-refractivity contribution in [1.82, 2.24) is 19.6 Å². The number of ketones is 1. The van der Waals surface area contributed by atoms with Crippen molar-refractivity contribution in [2.45, 2.75) is 46.1 Å². The molecule has 2 aliphatic heterocycles. The van der Waals surface area contributed by atoms with Crippen LogP contribution < -0.4 is 4.74 Å². The van der Waals surface area contributed by atoms with Gasteiger partial charge in [0.1, 0.15) is 11.5 Å². The third-order valence-corrected chi connectivity index (χ3v) is 6.81. The molecule has 2 saturated heterocycles. The van der Waals surface area contributed by atoms with Crippen molar-refractivity contribution in [2.24, 2.45) is 7.05 Å². The molecular weight excluding hydrogens is 432 g/mol. The molecule has 0 radical (unpaired) electrons. The van der Waals surface area contributed by atoms with Crippen molar-refractivity contribution >= 4 is 17.4 Å². The second-order valence-electron chi connectivity index (χ2n) is 9.13. The number of carbonyl (C=O) groups is 2. The zero-order valence-corrected chi connectivity index (χ0v) is 20.5. The van der Waals surface area contributed by atoms with Crippen LogP contribution in [0.15, 0.2) is 29.8 Å². The minimum Gasteiger partial charge on any atom is -0.507 e. The molecular formula is C26H34N4O4. The molecule has 4 rings (SSSR count). The van der Waals surface area contributed by atoms with Crippen LogP contribution in [0.4, 0.5) is 0 Å². The number of benzene rings is 1. The van der Waals surface area contributed by atoms with Gasteiger partial charge in [-0.25, -0.2) is 0 Å². The first-order valence-electron chi connectivity index (χ1n) is 12.1. The highest BCUT2D eigenvalue weighted by Crippen LogP contribution is 2.40. The smallest absolute Gasteiger partial charge is 0.295 e. The molecule has 8 nitrogen and oxygen atoms in total. The Morgan fingerprint density at radius 2 is 1.79 bits per heavy atom. The Morgan fingerprint density at radius 3 is 2.38 bits per heavy atom. The van der Waals surface area contributed by atoms with Gasteiger partial charge in [0.25, 0.3) is 11.7 Å². The van der Waals surface area contributed by atoms with Gasteiger partial charge in [-0.15, -0.1) is 0 Å². The van der Waals surface area contributed by atoms with Crippen molar-refractivity contribution < 1.29 is 19.4 Å². The average Bonchev–Trinajstić information content (AvgIpc) is 3.50. The highest BCUT2D eigenvalue weighted by molar-refractivity contribution is 6.46. The summed E-state index contributed by atoms with van der Waals surface area (Å²) in [5.74, 6) is -0.658. The van der Waals surface area contributed by atoms with Gasteiger partial charge in [0.05, 0.1) is 29.5 Å². The molecule has 1 N–H and O–H groups in total. The van der Waals surface area contributed by atoms with E-state index >= 15 is 0 Å². The van der Waals surface area contributed by atoms with Crippen LogP contribution >= 0.6 is 0 Å². The van der Waals surface area contributed by atoms with E-state index in [2.05, 4.69) is 10.00 Å². The fourth-order valence-corrected chi connectivity index (χ4v) is 4.93. The Balaban J connectivity index is 1.76. The average molecular weight is 467 g/mol. The maximum atomic E-state index is 13.3. The highest BCUT2D eigenvalue weighted by atomic mass is 16.5. The third kappa shape index (κ3) is 4.46. The summed E-state index contributed by atoms with van der Waals surface area (Å²) in [6, 6.07) is 6.79. The van der Waals surface area contributed by atoms with Crippen LogP contribution in [0.5, 0.6) is 5.75 Å². The van der Waals surface area contributed by atoms with Crippen LogP contribution in [0.1, 0.15) is 54.7 Å². The first kappa shape index (κ1) is 24.0. The number of carbonyl (C=O) groups excluding carboxylic acids is 2. The molecule has 2 aliphatic rings. The molecule has 2 fully saturated rings. The van der Waals surface area contributed by atoms with Gasteiger partial charge in [-0.1, -0.05) is 19.1 Å². The second-order valence-corrected chi connectivity index (χ2v) is 9.13. The van der Waals surface area contributed by atoms with Crippen LogP contribution in [-0.2, 0) is 16.6 Å². The van der Waals surface area contributed by atoms with E-state index in [-0.39, 0.29) is 11.3 Å². The number of likely N-dealkylation sites (tertiary alicyclic amines) is 2. The Kier molecular flexibility index (Phi) is 7.07. The van der Waals surface area contributed by atoms with Crippen molar-refractivity contribution in [2.75, 3.05) is 32.8 Å². The molecule has 1 unspecified atom stereocenters. The number of Topliss-reactive ketones (excluding diaryl/α,β-unsaturated/α-hetero) is 1. The molecule has 1 amide bonds. The molecule has 0 saturated carbocycles. The van der Waals surface area contributed by atoms with Gasteiger partial charge in [0, 0.05) is 25.8 Å². The Bertz CT molecular complexity index is 1100. The SMILES string of the molecule is CCCOc1ccc(C2/C(=C(\O)c3c(C)nn(C)c3C)C(=O)C(=O)N2CCN2CCCC2)cc1. The lowest BCUT2D eigenvalue weighted by atomic mass is 9.94. The topological polar surface area (TPSA) is 87.9 Å². The molecule has 1 aromatic heterocycles. The summed E-state index contributed by atoms with van der Waals surface area (Å²) < 4.78 is 7.38. The van der Waals surface area contributed by atoms with Gasteiger partial charge in [-0.05, 0) is 63.9 Å². The summed E-state index contributed by atoms with van der Waals surface area (Å²) in [7, 11) is 1.79. The van der Waals surface area contributed by atoms with Gasteiger partial charge in [0.15, 0.2) is 0 Å². The maximum Gasteiger partial charge on any atom is 0.295 e. The van der Waals surface area contributed by atoms with Gasteiger partial charge < -0.3 is 19.6 Å². The number of rotatable bonds is 8. The van der Waals surface area contributed by atoms with E-state index in [1.165, 1.54) is 0 Å². The molecule has 0 bridgehead atoms. The van der Waals surface area contributed by atoms with Crippen molar-refractivity contribution in [3.05, 3.63) is 52.4 Å². The van der Waals surface area contributed by atoms with Crippen LogP contribution in [0.3, 0.4) is 0 Å². The zero-order chi connectivity index (χ0) is 24.4. The van der Waals surface area contributed by atoms with E-state index in [4.69, 9.17) is 4.74 Å². The highest BCUT2D eigenvalue weighted by Gasteiger charge is 2.46. The molecule has 8 heteroatoms. The minimum absolute atomic E-state index is 0.118. The quantitative estimate of drug-likeness (QED) is 0.365. The summed E-state index contributed by atoms with van der Waals surface area (Å²) in [5.41, 5.74) is 2.74. The van der Waals surface area contributed by atoms with Crippen molar-refractivity contribution in [1.29, 1.82) is 0 Å². The number of hydrogen-bond donors (Lipinski definition) is 1. The normalized spacial score (nSPS) is 20.5. The van der Waals surface area contributed by atoms with Gasteiger partial charge in [-0.2, -0.15) is 5.10 Å². The van der Waals surface area contributed by atoms with Gasteiger partial charge in [0.2, 0.25) is 0 Å². The predicted molar refractivity (Wildman–Crippen MR) is 130 cm³/mol. The summed E-state index contributed by atoms with van der Waals surface area (Å²) in [6.07, 6.45) is 3.21. The maximum absolute atomic E-state index is 13.3. The predicted octanol–water partition coefficient (Wildman–Crippen LogP) is 3.34. The number of hydrogen-bond acceptors (Lipinski definition) is 6. The molecule has 1 atom stereocenters. The molecule has 2 aromatic rings. The van der Waals surface area contributed by atoms with Crippen LogP contribution in [0, 0.1) is 13.8 Å². The minimum atomic E-state index is -0.665.